The van der Waals surface area contributed by atoms with Crippen LogP contribution in [0.15, 0.2) is 6.20 Å². The molecule has 5 nitrogen and oxygen atoms in total. The van der Waals surface area contributed by atoms with Gasteiger partial charge in [-0.25, -0.2) is 8.78 Å². The van der Waals surface area contributed by atoms with Gasteiger partial charge in [-0.05, 0) is 13.3 Å². The third-order valence-electron chi connectivity index (χ3n) is 2.35. The van der Waals surface area contributed by atoms with Crippen LogP contribution in [0.5, 0.6) is 0 Å². The number of hydrogen-bond acceptors (Lipinski definition) is 3. The Labute approximate surface area is 98.0 Å². The van der Waals surface area contributed by atoms with Crippen LogP contribution in [-0.2, 0) is 6.54 Å². The summed E-state index contributed by atoms with van der Waals surface area (Å²) >= 11 is 0. The van der Waals surface area contributed by atoms with Crippen LogP contribution in [0.1, 0.15) is 30.6 Å². The Kier molecular flexibility index (Phi) is 4.42. The van der Waals surface area contributed by atoms with Crippen LogP contribution in [0.4, 0.5) is 14.6 Å². The van der Waals surface area contributed by atoms with Gasteiger partial charge in [-0.2, -0.15) is 5.10 Å². The Morgan fingerprint density at radius 2 is 2.29 bits per heavy atom. The van der Waals surface area contributed by atoms with E-state index >= 15 is 0 Å². The van der Waals surface area contributed by atoms with Gasteiger partial charge in [-0.3, -0.25) is 9.48 Å². The summed E-state index contributed by atoms with van der Waals surface area (Å²) in [4.78, 5) is 11.7. The molecule has 1 heterocycles. The summed E-state index contributed by atoms with van der Waals surface area (Å²) in [5.41, 5.74) is 5.63. The lowest BCUT2D eigenvalue weighted by Crippen LogP contribution is -2.32. The number of nitrogens with zero attached hydrogens (tertiary/aromatic N) is 2. The fourth-order valence-electron chi connectivity index (χ4n) is 1.25. The molecule has 1 unspecified atom stereocenters. The predicted octanol–water partition coefficient (Wildman–Crippen LogP) is 1.26. The monoisotopic (exact) mass is 246 g/mol. The molecule has 0 radical (unpaired) electrons. The number of nitrogens with one attached hydrogen (secondary N) is 1. The molecule has 1 aromatic heterocycles. The molecule has 1 rings (SSSR count). The van der Waals surface area contributed by atoms with Crippen LogP contribution in [0.25, 0.3) is 0 Å². The summed E-state index contributed by atoms with van der Waals surface area (Å²) in [6.07, 6.45) is -0.518. The fourth-order valence-corrected chi connectivity index (χ4v) is 1.25. The first-order valence-corrected chi connectivity index (χ1v) is 5.36. The van der Waals surface area contributed by atoms with Crippen LogP contribution in [0, 0.1) is 0 Å². The molecule has 0 saturated heterocycles. The Bertz CT molecular complexity index is 392. The molecule has 96 valence electrons. The number of alkyl halides is 2. The molecular weight excluding hydrogens is 230 g/mol. The summed E-state index contributed by atoms with van der Waals surface area (Å²) in [5.74, 6) is -0.427. The third kappa shape index (κ3) is 3.69. The number of nitrogen functional groups attached to an aromatic ring is 1. The van der Waals surface area contributed by atoms with E-state index in [-0.39, 0.29) is 17.4 Å². The molecule has 0 aromatic carbocycles. The van der Waals surface area contributed by atoms with E-state index in [1.54, 1.807) is 0 Å². The average Bonchev–Trinajstić information content (AvgIpc) is 2.58. The van der Waals surface area contributed by atoms with Crippen molar-refractivity contribution in [3.05, 3.63) is 11.8 Å². The number of aromatic nitrogens is 2. The zero-order chi connectivity index (χ0) is 13.0. The second-order valence-corrected chi connectivity index (χ2v) is 3.82. The highest BCUT2D eigenvalue weighted by atomic mass is 19.3. The molecule has 0 saturated carbocycles. The van der Waals surface area contributed by atoms with Crippen molar-refractivity contribution in [3.8, 4) is 0 Å². The van der Waals surface area contributed by atoms with Crippen molar-refractivity contribution in [2.75, 3.05) is 5.73 Å². The number of amides is 1. The number of nitrogens with two attached hydrogens (primary N) is 1. The van der Waals surface area contributed by atoms with Gasteiger partial charge in [-0.1, -0.05) is 6.92 Å². The molecule has 0 spiro atoms. The normalized spacial score (nSPS) is 12.8. The molecule has 7 heteroatoms. The van der Waals surface area contributed by atoms with Crippen LogP contribution in [-0.4, -0.2) is 28.2 Å². The van der Waals surface area contributed by atoms with Crippen molar-refractivity contribution < 1.29 is 13.6 Å². The molecule has 1 aromatic rings. The van der Waals surface area contributed by atoms with E-state index in [9.17, 15) is 13.6 Å². The average molecular weight is 246 g/mol. The molecule has 3 N–H and O–H groups in total. The Balaban J connectivity index is 2.76. The number of anilines is 1. The minimum Gasteiger partial charge on any atom is -0.382 e. The van der Waals surface area contributed by atoms with E-state index in [0.29, 0.717) is 0 Å². The number of halogens is 2. The highest BCUT2D eigenvalue weighted by Gasteiger charge is 2.16. The van der Waals surface area contributed by atoms with Crippen molar-refractivity contribution in [1.82, 2.24) is 15.1 Å². The third-order valence-corrected chi connectivity index (χ3v) is 2.35. The van der Waals surface area contributed by atoms with E-state index < -0.39 is 18.9 Å². The minimum atomic E-state index is -2.53. The molecule has 1 amide bonds. The van der Waals surface area contributed by atoms with Crippen molar-refractivity contribution in [2.45, 2.75) is 39.3 Å². The quantitative estimate of drug-likeness (QED) is 0.821. The van der Waals surface area contributed by atoms with Crippen LogP contribution in [0.3, 0.4) is 0 Å². The Morgan fingerprint density at radius 3 is 2.82 bits per heavy atom. The first kappa shape index (κ1) is 13.4. The maximum atomic E-state index is 12.1. The summed E-state index contributed by atoms with van der Waals surface area (Å²) < 4.78 is 25.2. The molecule has 0 fully saturated rings. The molecule has 17 heavy (non-hydrogen) atoms. The van der Waals surface area contributed by atoms with Crippen LogP contribution < -0.4 is 11.1 Å². The van der Waals surface area contributed by atoms with E-state index in [4.69, 9.17) is 5.73 Å². The van der Waals surface area contributed by atoms with Crippen molar-refractivity contribution in [3.63, 3.8) is 0 Å². The fraction of sp³-hybridized carbons (Fsp3) is 0.600. The standard InChI is InChI=1S/C10H16F2N4O/c1-3-6(2)14-10(17)7-4-16(5-8(11)12)15-9(7)13/h4,6,8H,3,5H2,1-2H3,(H2,13,15)(H,14,17). The maximum absolute atomic E-state index is 12.1. The SMILES string of the molecule is CCC(C)NC(=O)c1cn(CC(F)F)nc1N. The van der Waals surface area contributed by atoms with E-state index in [2.05, 4.69) is 10.4 Å². The maximum Gasteiger partial charge on any atom is 0.257 e. The molecule has 0 aliphatic carbocycles. The Morgan fingerprint density at radius 1 is 1.65 bits per heavy atom. The van der Waals surface area contributed by atoms with E-state index in [1.807, 2.05) is 13.8 Å². The molecule has 0 aliphatic rings. The smallest absolute Gasteiger partial charge is 0.257 e. The molecular formula is C10H16F2N4O. The van der Waals surface area contributed by atoms with Crippen molar-refractivity contribution in [1.29, 1.82) is 0 Å². The summed E-state index contributed by atoms with van der Waals surface area (Å²) in [6, 6.07) is 0.000323. The second-order valence-electron chi connectivity index (χ2n) is 3.82. The number of rotatable bonds is 5. The van der Waals surface area contributed by atoms with E-state index in [0.717, 1.165) is 11.1 Å². The predicted molar refractivity (Wildman–Crippen MR) is 59.9 cm³/mol. The lowest BCUT2D eigenvalue weighted by Gasteiger charge is -2.10. The van der Waals surface area contributed by atoms with Crippen molar-refractivity contribution >= 4 is 11.7 Å². The van der Waals surface area contributed by atoms with Gasteiger partial charge in [0.1, 0.15) is 12.1 Å². The number of hydrogen-bond donors (Lipinski definition) is 2. The first-order valence-electron chi connectivity index (χ1n) is 5.36. The number of carbonyl (C=O) groups excluding carboxylic acids is 1. The topological polar surface area (TPSA) is 72.9 Å². The second kappa shape index (κ2) is 5.60. The molecule has 1 atom stereocenters. The highest BCUT2D eigenvalue weighted by Crippen LogP contribution is 2.10. The van der Waals surface area contributed by atoms with Crippen LogP contribution in [0.2, 0.25) is 0 Å². The molecule has 0 aliphatic heterocycles. The van der Waals surface area contributed by atoms with Gasteiger partial charge in [0.15, 0.2) is 5.82 Å². The largest absolute Gasteiger partial charge is 0.382 e. The van der Waals surface area contributed by atoms with Crippen LogP contribution >= 0.6 is 0 Å². The lowest BCUT2D eigenvalue weighted by molar-refractivity contribution is 0.0938. The van der Waals surface area contributed by atoms with Gasteiger partial charge >= 0.3 is 0 Å². The van der Waals surface area contributed by atoms with Gasteiger partial charge in [0.05, 0.1) is 0 Å². The zero-order valence-corrected chi connectivity index (χ0v) is 9.78. The summed E-state index contributed by atoms with van der Waals surface area (Å²) in [5, 5.41) is 6.35. The van der Waals surface area contributed by atoms with Gasteiger partial charge < -0.3 is 11.1 Å². The van der Waals surface area contributed by atoms with E-state index in [1.165, 1.54) is 6.20 Å². The van der Waals surface area contributed by atoms with Gasteiger partial charge in [0, 0.05) is 12.2 Å². The zero-order valence-electron chi connectivity index (χ0n) is 9.78. The first-order chi connectivity index (χ1) is 7.93. The number of carbonyl (C=O) groups is 1. The van der Waals surface area contributed by atoms with Gasteiger partial charge in [-0.15, -0.1) is 0 Å². The highest BCUT2D eigenvalue weighted by molar-refractivity contribution is 5.98. The Hall–Kier alpha value is -1.66. The summed E-state index contributed by atoms with van der Waals surface area (Å²) in [6.45, 7) is 3.20. The molecule has 0 bridgehead atoms. The van der Waals surface area contributed by atoms with Crippen molar-refractivity contribution in [2.24, 2.45) is 0 Å². The lowest BCUT2D eigenvalue weighted by atomic mass is 10.2. The minimum absolute atomic E-state index is 0.000323. The van der Waals surface area contributed by atoms with Gasteiger partial charge in [0.25, 0.3) is 12.3 Å². The summed E-state index contributed by atoms with van der Waals surface area (Å²) in [7, 11) is 0. The van der Waals surface area contributed by atoms with Gasteiger partial charge in [0.2, 0.25) is 0 Å².